The maximum Gasteiger partial charge on any atom is 0.103 e. The van der Waals surface area contributed by atoms with Crippen molar-refractivity contribution in [2.45, 2.75) is 52.6 Å². The van der Waals surface area contributed by atoms with Crippen LogP contribution in [0.1, 0.15) is 44.6 Å². The van der Waals surface area contributed by atoms with Crippen LogP contribution in [0.4, 0.5) is 0 Å². The number of H-pyrrole nitrogens is 1. The summed E-state index contributed by atoms with van der Waals surface area (Å²) >= 11 is 0. The molecule has 1 aromatic rings. The predicted octanol–water partition coefficient (Wildman–Crippen LogP) is 2.63. The Kier molecular flexibility index (Phi) is 3.64. The van der Waals surface area contributed by atoms with Crippen molar-refractivity contribution in [3.8, 4) is 0 Å². The van der Waals surface area contributed by atoms with Gasteiger partial charge in [-0.3, -0.25) is 0 Å². The first-order chi connectivity index (χ1) is 7.65. The maximum atomic E-state index is 4.21. The lowest BCUT2D eigenvalue weighted by Gasteiger charge is -2.32. The lowest BCUT2D eigenvalue weighted by Crippen LogP contribution is -2.35. The zero-order chi connectivity index (χ0) is 11.5. The van der Waals surface area contributed by atoms with Gasteiger partial charge in [-0.25, -0.2) is 4.98 Å². The lowest BCUT2D eigenvalue weighted by atomic mass is 9.79. The molecule has 3 nitrogen and oxygen atoms in total. The molecule has 2 rings (SSSR count). The predicted molar refractivity (Wildman–Crippen MR) is 66.1 cm³/mol. The molecule has 1 fully saturated rings. The van der Waals surface area contributed by atoms with Gasteiger partial charge < -0.3 is 10.3 Å². The van der Waals surface area contributed by atoms with Gasteiger partial charge in [0.1, 0.15) is 5.82 Å². The van der Waals surface area contributed by atoms with Gasteiger partial charge in [0.05, 0.1) is 0 Å². The number of aromatic amines is 1. The minimum atomic E-state index is 0.690. The van der Waals surface area contributed by atoms with Crippen molar-refractivity contribution in [3.05, 3.63) is 17.7 Å². The van der Waals surface area contributed by atoms with Gasteiger partial charge in [-0.05, 0) is 38.0 Å². The number of hydrogen-bond donors (Lipinski definition) is 2. The van der Waals surface area contributed by atoms with E-state index in [9.17, 15) is 0 Å². The third-order valence-electron chi connectivity index (χ3n) is 3.93. The van der Waals surface area contributed by atoms with Crippen molar-refractivity contribution >= 4 is 0 Å². The van der Waals surface area contributed by atoms with Crippen LogP contribution < -0.4 is 5.32 Å². The van der Waals surface area contributed by atoms with E-state index in [1.54, 1.807) is 0 Å². The zero-order valence-electron chi connectivity index (χ0n) is 10.6. The Labute approximate surface area is 98.1 Å². The monoisotopic (exact) mass is 221 g/mol. The average Bonchev–Trinajstić information content (AvgIpc) is 2.66. The van der Waals surface area contributed by atoms with Gasteiger partial charge in [0.15, 0.2) is 0 Å². The summed E-state index contributed by atoms with van der Waals surface area (Å²) in [5.41, 5.74) is 1.20. The van der Waals surface area contributed by atoms with Crippen molar-refractivity contribution in [1.29, 1.82) is 0 Å². The molecule has 0 spiro atoms. The van der Waals surface area contributed by atoms with Crippen LogP contribution in [0.3, 0.4) is 0 Å². The minimum absolute atomic E-state index is 0.690. The van der Waals surface area contributed by atoms with E-state index in [-0.39, 0.29) is 0 Å². The van der Waals surface area contributed by atoms with Gasteiger partial charge in [0.25, 0.3) is 0 Å². The molecule has 2 N–H and O–H groups in total. The van der Waals surface area contributed by atoms with Gasteiger partial charge in [-0.1, -0.05) is 13.8 Å². The van der Waals surface area contributed by atoms with E-state index in [1.807, 2.05) is 13.1 Å². The summed E-state index contributed by atoms with van der Waals surface area (Å²) < 4.78 is 0. The highest BCUT2D eigenvalue weighted by atomic mass is 15.0. The fourth-order valence-electron chi connectivity index (χ4n) is 2.55. The van der Waals surface area contributed by atoms with Crippen molar-refractivity contribution in [3.63, 3.8) is 0 Å². The molecule has 3 atom stereocenters. The first kappa shape index (κ1) is 11.6. The molecule has 16 heavy (non-hydrogen) atoms. The highest BCUT2D eigenvalue weighted by molar-refractivity contribution is 4.99. The first-order valence-corrected chi connectivity index (χ1v) is 6.39. The van der Waals surface area contributed by atoms with E-state index in [1.165, 1.54) is 25.0 Å². The number of hydrogen-bond acceptors (Lipinski definition) is 2. The maximum absolute atomic E-state index is 4.21. The van der Waals surface area contributed by atoms with Crippen molar-refractivity contribution in [1.82, 2.24) is 15.3 Å². The van der Waals surface area contributed by atoms with Gasteiger partial charge >= 0.3 is 0 Å². The second kappa shape index (κ2) is 5.00. The second-order valence-electron chi connectivity index (χ2n) is 5.34. The number of aryl methyl sites for hydroxylation is 1. The van der Waals surface area contributed by atoms with Gasteiger partial charge in [0.2, 0.25) is 0 Å². The van der Waals surface area contributed by atoms with E-state index in [0.717, 1.165) is 24.2 Å². The Morgan fingerprint density at radius 1 is 1.38 bits per heavy atom. The molecule has 1 heterocycles. The van der Waals surface area contributed by atoms with Gasteiger partial charge in [-0.2, -0.15) is 0 Å². The van der Waals surface area contributed by atoms with Crippen LogP contribution in [0.25, 0.3) is 0 Å². The molecule has 0 amide bonds. The van der Waals surface area contributed by atoms with Crippen LogP contribution in [0.2, 0.25) is 0 Å². The average molecular weight is 221 g/mol. The molecule has 1 aromatic heterocycles. The van der Waals surface area contributed by atoms with Crippen LogP contribution in [0.5, 0.6) is 0 Å². The number of imidazole rings is 1. The molecular weight excluding hydrogens is 198 g/mol. The third kappa shape index (κ3) is 2.85. The Bertz CT molecular complexity index is 332. The Balaban J connectivity index is 1.78. The molecule has 3 unspecified atom stereocenters. The summed E-state index contributed by atoms with van der Waals surface area (Å²) in [5, 5.41) is 3.63. The molecule has 0 radical (unpaired) electrons. The molecular formula is C13H23N3. The van der Waals surface area contributed by atoms with E-state index < -0.39 is 0 Å². The molecule has 0 aliphatic heterocycles. The van der Waals surface area contributed by atoms with Crippen LogP contribution in [0.15, 0.2) is 6.20 Å². The number of nitrogens with zero attached hydrogens (tertiary/aromatic N) is 1. The summed E-state index contributed by atoms with van der Waals surface area (Å²) in [6.07, 6.45) is 5.92. The van der Waals surface area contributed by atoms with E-state index in [4.69, 9.17) is 0 Å². The molecule has 1 aliphatic carbocycles. The van der Waals surface area contributed by atoms with Gasteiger partial charge in [-0.15, -0.1) is 0 Å². The summed E-state index contributed by atoms with van der Waals surface area (Å²) in [7, 11) is 0. The summed E-state index contributed by atoms with van der Waals surface area (Å²) in [6.45, 7) is 7.67. The third-order valence-corrected chi connectivity index (χ3v) is 3.93. The number of rotatable bonds is 3. The van der Waals surface area contributed by atoms with E-state index in [0.29, 0.717) is 6.04 Å². The topological polar surface area (TPSA) is 40.7 Å². The van der Waals surface area contributed by atoms with Crippen molar-refractivity contribution in [2.75, 3.05) is 0 Å². The number of nitrogens with one attached hydrogen (secondary N) is 2. The highest BCUT2D eigenvalue weighted by Gasteiger charge is 2.23. The molecule has 1 aliphatic rings. The van der Waals surface area contributed by atoms with Crippen LogP contribution in [-0.4, -0.2) is 16.0 Å². The van der Waals surface area contributed by atoms with Crippen LogP contribution in [0, 0.1) is 18.8 Å². The Hall–Kier alpha value is -0.830. The molecule has 1 saturated carbocycles. The zero-order valence-corrected chi connectivity index (χ0v) is 10.6. The SMILES string of the molecule is Cc1ncc(CNC2CCC(C)C(C)C2)[nH]1. The fraction of sp³-hybridized carbons (Fsp3) is 0.769. The minimum Gasteiger partial charge on any atom is -0.345 e. The fourth-order valence-corrected chi connectivity index (χ4v) is 2.55. The standard InChI is InChI=1S/C13H23N3/c1-9-4-5-12(6-10(9)2)15-8-13-7-14-11(3)16-13/h7,9-10,12,15H,4-6,8H2,1-3H3,(H,14,16). The van der Waals surface area contributed by atoms with E-state index >= 15 is 0 Å². The largest absolute Gasteiger partial charge is 0.345 e. The molecule has 0 saturated heterocycles. The summed E-state index contributed by atoms with van der Waals surface area (Å²) in [6, 6.07) is 0.690. The smallest absolute Gasteiger partial charge is 0.103 e. The summed E-state index contributed by atoms with van der Waals surface area (Å²) in [4.78, 5) is 7.47. The Morgan fingerprint density at radius 2 is 2.19 bits per heavy atom. The molecule has 0 aromatic carbocycles. The van der Waals surface area contributed by atoms with Gasteiger partial charge in [0, 0.05) is 24.5 Å². The normalized spacial score (nSPS) is 30.6. The van der Waals surface area contributed by atoms with E-state index in [2.05, 4.69) is 29.1 Å². The quantitative estimate of drug-likeness (QED) is 0.823. The lowest BCUT2D eigenvalue weighted by molar-refractivity contribution is 0.225. The van der Waals surface area contributed by atoms with Crippen LogP contribution in [-0.2, 0) is 6.54 Å². The first-order valence-electron chi connectivity index (χ1n) is 6.39. The molecule has 90 valence electrons. The van der Waals surface area contributed by atoms with Crippen molar-refractivity contribution in [2.24, 2.45) is 11.8 Å². The molecule has 3 heteroatoms. The van der Waals surface area contributed by atoms with Crippen molar-refractivity contribution < 1.29 is 0 Å². The highest BCUT2D eigenvalue weighted by Crippen LogP contribution is 2.29. The Morgan fingerprint density at radius 3 is 2.81 bits per heavy atom. The second-order valence-corrected chi connectivity index (χ2v) is 5.34. The van der Waals surface area contributed by atoms with Crippen LogP contribution >= 0.6 is 0 Å². The summed E-state index contributed by atoms with van der Waals surface area (Å²) in [5.74, 6) is 2.75. The molecule has 0 bridgehead atoms. The number of aromatic nitrogens is 2.